The molecule has 2 heterocycles. The molecule has 0 aliphatic carbocycles. The standard InChI is InChI=1S/C21H21FN4O5S/c1-2-31-21(28)17-8-15(10-23)19(24-18(17)9-22)26-11-16(12-26)20(27)25-32(29,30)13-14-6-4-3-5-7-14/h3-8,16H,2,9,11-13H2,1H3,(H,25,27). The number of aromatic nitrogens is 1. The summed E-state index contributed by atoms with van der Waals surface area (Å²) >= 11 is 0. The Kier molecular flexibility index (Phi) is 7.05. The molecule has 3 rings (SSSR count). The van der Waals surface area contributed by atoms with Crippen molar-refractivity contribution in [3.63, 3.8) is 0 Å². The molecule has 0 bridgehead atoms. The summed E-state index contributed by atoms with van der Waals surface area (Å²) in [6.07, 6.45) is 0. The quantitative estimate of drug-likeness (QED) is 0.589. The first-order valence-electron chi connectivity index (χ1n) is 9.78. The second-order valence-electron chi connectivity index (χ2n) is 7.13. The van der Waals surface area contributed by atoms with E-state index in [2.05, 4.69) is 9.71 Å². The zero-order valence-electron chi connectivity index (χ0n) is 17.2. The SMILES string of the molecule is CCOC(=O)c1cc(C#N)c(N2CC(C(=O)NS(=O)(=O)Cc3ccccc3)C2)nc1CF. The topological polar surface area (TPSA) is 129 Å². The van der Waals surface area contributed by atoms with Crippen LogP contribution in [0.3, 0.4) is 0 Å². The van der Waals surface area contributed by atoms with Gasteiger partial charge in [0.2, 0.25) is 15.9 Å². The number of alkyl halides is 1. The van der Waals surface area contributed by atoms with Crippen molar-refractivity contribution in [2.75, 3.05) is 24.6 Å². The Labute approximate surface area is 184 Å². The summed E-state index contributed by atoms with van der Waals surface area (Å²) in [6.45, 7) is 0.843. The van der Waals surface area contributed by atoms with E-state index in [1.165, 1.54) is 6.07 Å². The van der Waals surface area contributed by atoms with Crippen LogP contribution < -0.4 is 9.62 Å². The van der Waals surface area contributed by atoms with Gasteiger partial charge in [-0.3, -0.25) is 9.52 Å². The average molecular weight is 460 g/mol. The zero-order chi connectivity index (χ0) is 23.3. The van der Waals surface area contributed by atoms with Gasteiger partial charge in [-0.1, -0.05) is 30.3 Å². The number of hydrogen-bond donors (Lipinski definition) is 1. The third-order valence-electron chi connectivity index (χ3n) is 4.83. The number of pyridine rings is 1. The Hall–Kier alpha value is -3.52. The van der Waals surface area contributed by atoms with Gasteiger partial charge in [0.05, 0.1) is 35.1 Å². The van der Waals surface area contributed by atoms with Crippen molar-refractivity contribution in [2.24, 2.45) is 5.92 Å². The number of hydrogen-bond acceptors (Lipinski definition) is 8. The van der Waals surface area contributed by atoms with Crippen LogP contribution in [0.2, 0.25) is 0 Å². The molecule has 1 aliphatic heterocycles. The summed E-state index contributed by atoms with van der Waals surface area (Å²) in [5.41, 5.74) is 0.277. The number of ether oxygens (including phenoxy) is 1. The van der Waals surface area contributed by atoms with Crippen molar-refractivity contribution in [2.45, 2.75) is 19.4 Å². The molecule has 1 fully saturated rings. The number of amides is 1. The number of anilines is 1. The third kappa shape index (κ3) is 5.20. The molecule has 0 atom stereocenters. The lowest BCUT2D eigenvalue weighted by molar-refractivity contribution is -0.123. The maximum Gasteiger partial charge on any atom is 0.340 e. The number of sulfonamides is 1. The summed E-state index contributed by atoms with van der Waals surface area (Å²) < 4.78 is 44.9. The molecule has 1 N–H and O–H groups in total. The van der Waals surface area contributed by atoms with Gasteiger partial charge in [-0.2, -0.15) is 5.26 Å². The van der Waals surface area contributed by atoms with Crippen molar-refractivity contribution < 1.29 is 27.1 Å². The predicted octanol–water partition coefficient (Wildman–Crippen LogP) is 1.68. The zero-order valence-corrected chi connectivity index (χ0v) is 18.1. The van der Waals surface area contributed by atoms with Gasteiger partial charge in [-0.05, 0) is 18.6 Å². The molecule has 1 aromatic heterocycles. The van der Waals surface area contributed by atoms with Gasteiger partial charge in [-0.15, -0.1) is 0 Å². The largest absolute Gasteiger partial charge is 0.462 e. The maximum absolute atomic E-state index is 13.5. The number of halogens is 1. The first-order chi connectivity index (χ1) is 15.3. The molecule has 0 unspecified atom stereocenters. The van der Waals surface area contributed by atoms with Crippen LogP contribution in [-0.4, -0.2) is 45.0 Å². The highest BCUT2D eigenvalue weighted by molar-refractivity contribution is 7.89. The highest BCUT2D eigenvalue weighted by Gasteiger charge is 2.37. The molecule has 1 saturated heterocycles. The Balaban J connectivity index is 1.68. The highest BCUT2D eigenvalue weighted by Crippen LogP contribution is 2.29. The molecule has 0 radical (unpaired) electrons. The van der Waals surface area contributed by atoms with Gasteiger partial charge < -0.3 is 9.64 Å². The third-order valence-corrected chi connectivity index (χ3v) is 6.06. The second kappa shape index (κ2) is 9.74. The molecule has 1 aromatic carbocycles. The molecule has 0 saturated carbocycles. The summed E-state index contributed by atoms with van der Waals surface area (Å²) in [5, 5.41) is 9.43. The van der Waals surface area contributed by atoms with Gasteiger partial charge in [0.1, 0.15) is 18.6 Å². The van der Waals surface area contributed by atoms with E-state index in [4.69, 9.17) is 4.74 Å². The minimum Gasteiger partial charge on any atom is -0.462 e. The van der Waals surface area contributed by atoms with Crippen molar-refractivity contribution in [3.8, 4) is 6.07 Å². The number of esters is 1. The monoisotopic (exact) mass is 460 g/mol. The predicted molar refractivity (Wildman–Crippen MR) is 113 cm³/mol. The van der Waals surface area contributed by atoms with Crippen LogP contribution in [0.1, 0.15) is 34.1 Å². The molecular weight excluding hydrogens is 439 g/mol. The van der Waals surface area contributed by atoms with E-state index in [9.17, 15) is 27.7 Å². The first kappa shape index (κ1) is 23.1. The maximum atomic E-state index is 13.5. The van der Waals surface area contributed by atoms with Crippen molar-refractivity contribution in [3.05, 3.63) is 58.8 Å². The Bertz CT molecular complexity index is 1160. The summed E-state index contributed by atoms with van der Waals surface area (Å²) in [6, 6.07) is 11.6. The second-order valence-corrected chi connectivity index (χ2v) is 8.85. The minimum absolute atomic E-state index is 0.0285. The van der Waals surface area contributed by atoms with Crippen molar-refractivity contribution in [1.29, 1.82) is 5.26 Å². The first-order valence-corrected chi connectivity index (χ1v) is 11.4. The summed E-state index contributed by atoms with van der Waals surface area (Å²) in [7, 11) is -3.87. The summed E-state index contributed by atoms with van der Waals surface area (Å²) in [4.78, 5) is 30.0. The molecule has 0 spiro atoms. The number of rotatable bonds is 8. The number of nitrogens with one attached hydrogen (secondary N) is 1. The lowest BCUT2D eigenvalue weighted by atomic mass is 9.98. The van der Waals surface area contributed by atoms with E-state index in [1.54, 1.807) is 42.2 Å². The number of nitriles is 1. The van der Waals surface area contributed by atoms with Crippen LogP contribution in [0, 0.1) is 17.2 Å². The fourth-order valence-electron chi connectivity index (χ4n) is 3.23. The molecule has 2 aromatic rings. The van der Waals surface area contributed by atoms with Crippen LogP contribution in [-0.2, 0) is 32.0 Å². The molecule has 1 aliphatic rings. The van der Waals surface area contributed by atoms with Crippen molar-refractivity contribution >= 4 is 27.7 Å². The van der Waals surface area contributed by atoms with Crippen LogP contribution in [0.4, 0.5) is 10.2 Å². The van der Waals surface area contributed by atoms with Gasteiger partial charge >= 0.3 is 5.97 Å². The summed E-state index contributed by atoms with van der Waals surface area (Å²) in [5.74, 6) is -2.28. The molecule has 11 heteroatoms. The van der Waals surface area contributed by atoms with Gasteiger partial charge in [-0.25, -0.2) is 22.6 Å². The number of nitrogens with zero attached hydrogens (tertiary/aromatic N) is 3. The van der Waals surface area contributed by atoms with E-state index in [0.29, 0.717) is 5.56 Å². The lowest BCUT2D eigenvalue weighted by Gasteiger charge is -2.39. The molecule has 168 valence electrons. The smallest absolute Gasteiger partial charge is 0.340 e. The fraction of sp³-hybridized carbons (Fsp3) is 0.333. The average Bonchev–Trinajstić information content (AvgIpc) is 2.72. The fourth-order valence-corrected chi connectivity index (χ4v) is 4.41. The molecule has 9 nitrogen and oxygen atoms in total. The molecular formula is C21H21FN4O5S. The van der Waals surface area contributed by atoms with Crippen LogP contribution in [0.15, 0.2) is 36.4 Å². The van der Waals surface area contributed by atoms with Gasteiger partial charge in [0, 0.05) is 13.1 Å². The van der Waals surface area contributed by atoms with E-state index in [1.807, 2.05) is 6.07 Å². The number of benzene rings is 1. The Morgan fingerprint density at radius 1 is 1.31 bits per heavy atom. The number of carbonyl (C=O) groups excluding carboxylic acids is 2. The van der Waals surface area contributed by atoms with Gasteiger partial charge in [0.15, 0.2) is 0 Å². The van der Waals surface area contributed by atoms with Crippen LogP contribution >= 0.6 is 0 Å². The van der Waals surface area contributed by atoms with E-state index in [-0.39, 0.29) is 48.1 Å². The molecule has 1 amide bonds. The highest BCUT2D eigenvalue weighted by atomic mass is 32.2. The van der Waals surface area contributed by atoms with Gasteiger partial charge in [0.25, 0.3) is 0 Å². The minimum atomic E-state index is -3.87. The normalized spacial score (nSPS) is 13.7. The Morgan fingerprint density at radius 2 is 2.00 bits per heavy atom. The van der Waals surface area contributed by atoms with E-state index < -0.39 is 34.5 Å². The lowest BCUT2D eigenvalue weighted by Crippen LogP contribution is -2.55. The van der Waals surface area contributed by atoms with E-state index in [0.717, 1.165) is 0 Å². The van der Waals surface area contributed by atoms with Crippen molar-refractivity contribution in [1.82, 2.24) is 9.71 Å². The Morgan fingerprint density at radius 3 is 2.59 bits per heavy atom. The number of carbonyl (C=O) groups is 2. The van der Waals surface area contributed by atoms with Crippen LogP contribution in [0.5, 0.6) is 0 Å². The molecule has 32 heavy (non-hydrogen) atoms. The van der Waals surface area contributed by atoms with E-state index >= 15 is 0 Å². The van der Waals surface area contributed by atoms with Crippen LogP contribution in [0.25, 0.3) is 0 Å².